The fourth-order valence-corrected chi connectivity index (χ4v) is 6.73. The van der Waals surface area contributed by atoms with Gasteiger partial charge in [0.05, 0.1) is 0 Å². The van der Waals surface area contributed by atoms with Crippen molar-refractivity contribution < 1.29 is 20.4 Å². The van der Waals surface area contributed by atoms with Gasteiger partial charge in [-0.1, -0.05) is 31.9 Å². The van der Waals surface area contributed by atoms with Crippen molar-refractivity contribution in [2.24, 2.45) is 28.6 Å². The molecule has 4 aliphatic carbocycles. The lowest BCUT2D eigenvalue weighted by Crippen LogP contribution is -2.63. The van der Waals surface area contributed by atoms with Gasteiger partial charge in [0.15, 0.2) is 0 Å². The topological polar surface area (TPSA) is 80.9 Å². The maximum atomic E-state index is 10.3. The van der Waals surface area contributed by atoms with E-state index in [1.807, 2.05) is 0 Å². The van der Waals surface area contributed by atoms with Crippen LogP contribution in [-0.4, -0.2) is 32.0 Å². The van der Waals surface area contributed by atoms with Crippen molar-refractivity contribution >= 4 is 0 Å². The number of allylic oxidation sites excluding steroid dienone is 1. The van der Waals surface area contributed by atoms with E-state index in [9.17, 15) is 20.4 Å². The fourth-order valence-electron chi connectivity index (χ4n) is 6.73. The zero-order valence-corrected chi connectivity index (χ0v) is 14.3. The maximum absolute atomic E-state index is 10.3. The Morgan fingerprint density at radius 2 is 1.70 bits per heavy atom. The largest absolute Gasteiger partial charge is 0.361 e. The van der Waals surface area contributed by atoms with Crippen LogP contribution in [0.5, 0.6) is 0 Å². The SMILES string of the molecule is C[C@@]12CCC[C@H]1[C@@H]1CC=C3CC(O)(O)C(O)(O)C[C@]3(C)[C@H]1CC2. The van der Waals surface area contributed by atoms with Crippen molar-refractivity contribution in [1.29, 1.82) is 0 Å². The predicted molar refractivity (Wildman–Crippen MR) is 86.0 cm³/mol. The number of aliphatic hydroxyl groups is 4. The third-order valence-electron chi connectivity index (χ3n) is 8.10. The van der Waals surface area contributed by atoms with E-state index in [-0.39, 0.29) is 18.3 Å². The van der Waals surface area contributed by atoms with E-state index in [1.165, 1.54) is 25.7 Å². The van der Waals surface area contributed by atoms with E-state index in [0.29, 0.717) is 17.3 Å². The standard InChI is InChI=1S/C19H30O4/c1-16-8-3-4-14(16)13-6-5-12-10-18(20,21)19(22,23)11-17(12,2)15(13)7-9-16/h5,13-15,20-23H,3-4,6-11H2,1-2H3/t13-,14-,15-,16-,17-/m0/s1. The van der Waals surface area contributed by atoms with E-state index in [4.69, 9.17) is 0 Å². The first-order valence-corrected chi connectivity index (χ1v) is 9.18. The van der Waals surface area contributed by atoms with Crippen molar-refractivity contribution in [2.75, 3.05) is 0 Å². The average molecular weight is 322 g/mol. The Morgan fingerprint density at radius 1 is 0.957 bits per heavy atom. The van der Waals surface area contributed by atoms with Crippen molar-refractivity contribution in [3.05, 3.63) is 11.6 Å². The molecule has 23 heavy (non-hydrogen) atoms. The maximum Gasteiger partial charge on any atom is 0.222 e. The van der Waals surface area contributed by atoms with Crippen molar-refractivity contribution in [3.8, 4) is 0 Å². The third-order valence-corrected chi connectivity index (χ3v) is 8.10. The molecule has 4 N–H and O–H groups in total. The molecule has 0 aliphatic heterocycles. The molecule has 4 heteroatoms. The molecule has 4 aliphatic rings. The molecule has 130 valence electrons. The first-order valence-electron chi connectivity index (χ1n) is 9.18. The predicted octanol–water partition coefficient (Wildman–Crippen LogP) is 2.31. The van der Waals surface area contributed by atoms with Crippen LogP contribution in [0.1, 0.15) is 65.2 Å². The number of hydrogen-bond acceptors (Lipinski definition) is 4. The molecule has 3 saturated carbocycles. The quantitative estimate of drug-likeness (QED) is 0.407. The van der Waals surface area contributed by atoms with E-state index in [2.05, 4.69) is 19.9 Å². The van der Waals surface area contributed by atoms with Crippen LogP contribution in [0.25, 0.3) is 0 Å². The zero-order valence-electron chi connectivity index (χ0n) is 14.3. The van der Waals surface area contributed by atoms with Crippen molar-refractivity contribution in [1.82, 2.24) is 0 Å². The van der Waals surface area contributed by atoms with Gasteiger partial charge in [-0.25, -0.2) is 0 Å². The minimum Gasteiger partial charge on any atom is -0.361 e. The zero-order chi connectivity index (χ0) is 16.7. The number of rotatable bonds is 0. The number of hydrogen-bond donors (Lipinski definition) is 4. The van der Waals surface area contributed by atoms with Crippen molar-refractivity contribution in [3.63, 3.8) is 0 Å². The summed E-state index contributed by atoms with van der Waals surface area (Å²) in [5.41, 5.74) is 1.15. The third kappa shape index (κ3) is 2.05. The van der Waals surface area contributed by atoms with Gasteiger partial charge < -0.3 is 20.4 Å². The molecule has 4 rings (SSSR count). The monoisotopic (exact) mass is 322 g/mol. The van der Waals surface area contributed by atoms with Crippen LogP contribution in [0, 0.1) is 28.6 Å². The minimum absolute atomic E-state index is 0.0173. The summed E-state index contributed by atoms with van der Waals surface area (Å²) in [7, 11) is 0. The normalized spacial score (nSPS) is 50.5. The summed E-state index contributed by atoms with van der Waals surface area (Å²) >= 11 is 0. The Balaban J connectivity index is 1.72. The Kier molecular flexibility index (Phi) is 3.21. The van der Waals surface area contributed by atoms with Crippen LogP contribution in [0.15, 0.2) is 11.6 Å². The Bertz CT molecular complexity index is 552. The second-order valence-electron chi connectivity index (χ2n) is 9.33. The molecular weight excluding hydrogens is 292 g/mol. The Hall–Kier alpha value is -0.420. The molecule has 0 amide bonds. The molecule has 0 spiro atoms. The van der Waals surface area contributed by atoms with Crippen LogP contribution >= 0.6 is 0 Å². The summed E-state index contributed by atoms with van der Waals surface area (Å²) in [5, 5.41) is 40.6. The molecule has 0 radical (unpaired) electrons. The molecular formula is C19H30O4. The molecule has 0 bridgehead atoms. The van der Waals surface area contributed by atoms with E-state index < -0.39 is 11.6 Å². The highest BCUT2D eigenvalue weighted by Crippen LogP contribution is 2.66. The van der Waals surface area contributed by atoms with Gasteiger partial charge in [-0.05, 0) is 60.7 Å². The highest BCUT2D eigenvalue weighted by atomic mass is 16.6. The Morgan fingerprint density at radius 3 is 2.43 bits per heavy atom. The lowest BCUT2D eigenvalue weighted by molar-refractivity contribution is -0.377. The second kappa shape index (κ2) is 4.60. The van der Waals surface area contributed by atoms with Gasteiger partial charge in [0.2, 0.25) is 11.6 Å². The summed E-state index contributed by atoms with van der Waals surface area (Å²) in [4.78, 5) is 0. The van der Waals surface area contributed by atoms with Gasteiger partial charge in [-0.15, -0.1) is 0 Å². The second-order valence-corrected chi connectivity index (χ2v) is 9.33. The molecule has 0 aromatic heterocycles. The Labute approximate surface area is 138 Å². The molecule has 4 nitrogen and oxygen atoms in total. The molecule has 0 saturated heterocycles. The van der Waals surface area contributed by atoms with Crippen LogP contribution in [0.3, 0.4) is 0 Å². The van der Waals surface area contributed by atoms with Crippen LogP contribution in [-0.2, 0) is 0 Å². The van der Waals surface area contributed by atoms with Crippen LogP contribution < -0.4 is 0 Å². The first-order chi connectivity index (χ1) is 10.6. The van der Waals surface area contributed by atoms with Gasteiger partial charge in [0, 0.05) is 12.8 Å². The summed E-state index contributed by atoms with van der Waals surface area (Å²) < 4.78 is 0. The lowest BCUT2D eigenvalue weighted by atomic mass is 9.47. The first kappa shape index (κ1) is 16.1. The van der Waals surface area contributed by atoms with Gasteiger partial charge in [0.1, 0.15) is 0 Å². The smallest absolute Gasteiger partial charge is 0.222 e. The molecule has 0 aromatic carbocycles. The molecule has 0 aromatic rings. The highest BCUT2D eigenvalue weighted by Gasteiger charge is 2.63. The van der Waals surface area contributed by atoms with Gasteiger partial charge in [-0.2, -0.15) is 0 Å². The molecule has 3 fully saturated rings. The minimum atomic E-state index is -2.44. The lowest BCUT2D eigenvalue weighted by Gasteiger charge is -2.59. The summed E-state index contributed by atoms with van der Waals surface area (Å²) in [6.07, 6.45) is 9.43. The van der Waals surface area contributed by atoms with Gasteiger partial charge in [-0.3, -0.25) is 0 Å². The molecule has 5 atom stereocenters. The summed E-state index contributed by atoms with van der Waals surface area (Å²) in [5.74, 6) is -3.12. The average Bonchev–Trinajstić information content (AvgIpc) is 2.82. The number of fused-ring (bicyclic) bond motifs is 5. The van der Waals surface area contributed by atoms with Crippen LogP contribution in [0.4, 0.5) is 0 Å². The van der Waals surface area contributed by atoms with Gasteiger partial charge >= 0.3 is 0 Å². The van der Waals surface area contributed by atoms with E-state index in [1.54, 1.807) is 0 Å². The fraction of sp³-hybridized carbons (Fsp3) is 0.895. The van der Waals surface area contributed by atoms with Crippen molar-refractivity contribution in [2.45, 2.75) is 76.8 Å². The summed E-state index contributed by atoms with van der Waals surface area (Å²) in [6.45, 7) is 4.56. The molecule has 0 heterocycles. The van der Waals surface area contributed by atoms with E-state index >= 15 is 0 Å². The van der Waals surface area contributed by atoms with E-state index in [0.717, 1.165) is 24.3 Å². The highest BCUT2D eigenvalue weighted by molar-refractivity contribution is 5.28. The van der Waals surface area contributed by atoms with Crippen LogP contribution in [0.2, 0.25) is 0 Å². The summed E-state index contributed by atoms with van der Waals surface area (Å²) in [6, 6.07) is 0. The molecule has 0 unspecified atom stereocenters. The van der Waals surface area contributed by atoms with Gasteiger partial charge in [0.25, 0.3) is 0 Å².